The molecule has 0 unspecified atom stereocenters. The minimum Gasteiger partial charge on any atom is -0.379 e. The molecule has 0 bridgehead atoms. The van der Waals surface area contributed by atoms with Gasteiger partial charge in [0, 0.05) is 32.7 Å². The molecular weight excluding hydrogens is 426 g/mol. The largest absolute Gasteiger partial charge is 0.379 e. The molecule has 32 heavy (non-hydrogen) atoms. The van der Waals surface area contributed by atoms with Gasteiger partial charge in [-0.2, -0.15) is 4.31 Å². The summed E-state index contributed by atoms with van der Waals surface area (Å²) in [5.74, 6) is -0.237. The highest BCUT2D eigenvalue weighted by Gasteiger charge is 2.39. The van der Waals surface area contributed by atoms with Crippen molar-refractivity contribution < 1.29 is 17.9 Å². The maximum atomic E-state index is 13.1. The second kappa shape index (κ2) is 10.1. The van der Waals surface area contributed by atoms with E-state index in [-0.39, 0.29) is 10.8 Å². The second-order valence-electron chi connectivity index (χ2n) is 8.46. The minimum atomic E-state index is -3.71. The predicted octanol–water partition coefficient (Wildman–Crippen LogP) is 2.30. The summed E-state index contributed by atoms with van der Waals surface area (Å²) in [7, 11) is -3.71. The summed E-state index contributed by atoms with van der Waals surface area (Å²) in [6.45, 7) is 6.75. The molecule has 7 nitrogen and oxygen atoms in total. The second-order valence-corrected chi connectivity index (χ2v) is 10.4. The highest BCUT2D eigenvalue weighted by atomic mass is 32.2. The lowest BCUT2D eigenvalue weighted by Crippen LogP contribution is -2.45. The van der Waals surface area contributed by atoms with E-state index in [0.29, 0.717) is 25.9 Å². The molecule has 4 rings (SSSR count). The topological polar surface area (TPSA) is 79.0 Å². The summed E-state index contributed by atoms with van der Waals surface area (Å²) in [6, 6.07) is 14.2. The van der Waals surface area contributed by atoms with E-state index in [1.165, 1.54) is 9.87 Å². The Labute approximate surface area is 190 Å². The van der Waals surface area contributed by atoms with Crippen LogP contribution in [0.5, 0.6) is 0 Å². The van der Waals surface area contributed by atoms with Gasteiger partial charge in [-0.3, -0.25) is 9.69 Å². The van der Waals surface area contributed by atoms with Crippen molar-refractivity contribution in [2.24, 2.45) is 0 Å². The number of hydrogen-bond acceptors (Lipinski definition) is 5. The van der Waals surface area contributed by atoms with Gasteiger partial charge in [0.05, 0.1) is 18.1 Å². The molecule has 1 N–H and O–H groups in total. The molecule has 0 aromatic heterocycles. The van der Waals surface area contributed by atoms with Crippen LogP contribution in [-0.4, -0.2) is 62.4 Å². The maximum Gasteiger partial charge on any atom is 0.243 e. The fourth-order valence-corrected chi connectivity index (χ4v) is 5.98. The van der Waals surface area contributed by atoms with Crippen molar-refractivity contribution in [1.29, 1.82) is 0 Å². The molecule has 2 aliphatic heterocycles. The number of morpholine rings is 1. The van der Waals surface area contributed by atoms with Crippen molar-refractivity contribution in [3.05, 3.63) is 65.2 Å². The van der Waals surface area contributed by atoms with Crippen LogP contribution in [-0.2, 0) is 32.6 Å². The van der Waals surface area contributed by atoms with Gasteiger partial charge in [-0.1, -0.05) is 42.0 Å². The first-order valence-corrected chi connectivity index (χ1v) is 12.6. The van der Waals surface area contributed by atoms with Gasteiger partial charge < -0.3 is 10.1 Å². The zero-order valence-corrected chi connectivity index (χ0v) is 19.3. The van der Waals surface area contributed by atoms with Crippen LogP contribution < -0.4 is 5.32 Å². The summed E-state index contributed by atoms with van der Waals surface area (Å²) in [4.78, 5) is 15.6. The lowest BCUT2D eigenvalue weighted by molar-refractivity contribution is -0.124. The quantitative estimate of drug-likeness (QED) is 0.690. The van der Waals surface area contributed by atoms with Crippen molar-refractivity contribution >= 4 is 15.9 Å². The van der Waals surface area contributed by atoms with Gasteiger partial charge in [0.25, 0.3) is 0 Å². The average molecular weight is 458 g/mol. The van der Waals surface area contributed by atoms with E-state index in [0.717, 1.165) is 44.0 Å². The number of carbonyl (C=O) groups is 1. The third kappa shape index (κ3) is 5.20. The highest BCUT2D eigenvalue weighted by molar-refractivity contribution is 7.89. The van der Waals surface area contributed by atoms with Crippen LogP contribution in [0.3, 0.4) is 0 Å². The van der Waals surface area contributed by atoms with E-state index in [4.69, 9.17) is 4.74 Å². The molecule has 2 saturated heterocycles. The Morgan fingerprint density at radius 2 is 1.72 bits per heavy atom. The van der Waals surface area contributed by atoms with Gasteiger partial charge >= 0.3 is 0 Å². The number of benzene rings is 2. The summed E-state index contributed by atoms with van der Waals surface area (Å²) < 4.78 is 33.1. The Balaban J connectivity index is 1.42. The van der Waals surface area contributed by atoms with Crippen LogP contribution in [0.1, 0.15) is 29.5 Å². The van der Waals surface area contributed by atoms with Gasteiger partial charge in [0.2, 0.25) is 15.9 Å². The zero-order chi connectivity index (χ0) is 22.6. The molecule has 2 aliphatic rings. The molecule has 172 valence electrons. The number of sulfonamides is 1. The lowest BCUT2D eigenvalue weighted by Gasteiger charge is -2.27. The Kier molecular flexibility index (Phi) is 7.25. The summed E-state index contributed by atoms with van der Waals surface area (Å²) in [5, 5.41) is 2.99. The van der Waals surface area contributed by atoms with Crippen LogP contribution in [0.2, 0.25) is 0 Å². The van der Waals surface area contributed by atoms with Gasteiger partial charge in [0.1, 0.15) is 6.04 Å². The third-order valence-electron chi connectivity index (χ3n) is 6.20. The SMILES string of the molecule is Cc1ccc(S(=O)(=O)N2CCC[C@H]2C(=O)NCc2ccccc2CN2CCOCC2)cc1. The summed E-state index contributed by atoms with van der Waals surface area (Å²) in [5.41, 5.74) is 3.22. The number of hydrogen-bond donors (Lipinski definition) is 1. The Hall–Kier alpha value is -2.26. The maximum absolute atomic E-state index is 13.1. The van der Waals surface area contributed by atoms with E-state index in [1.54, 1.807) is 24.3 Å². The number of aryl methyl sites for hydroxylation is 1. The van der Waals surface area contributed by atoms with Crippen LogP contribution in [0.25, 0.3) is 0 Å². The normalized spacial score (nSPS) is 20.3. The highest BCUT2D eigenvalue weighted by Crippen LogP contribution is 2.26. The number of nitrogens with zero attached hydrogens (tertiary/aromatic N) is 2. The van der Waals surface area contributed by atoms with Crippen molar-refractivity contribution in [3.8, 4) is 0 Å². The van der Waals surface area contributed by atoms with E-state index < -0.39 is 16.1 Å². The molecule has 0 spiro atoms. The average Bonchev–Trinajstić information content (AvgIpc) is 3.30. The Morgan fingerprint density at radius 3 is 2.44 bits per heavy atom. The monoisotopic (exact) mass is 457 g/mol. The molecule has 1 atom stereocenters. The first-order valence-electron chi connectivity index (χ1n) is 11.2. The van der Waals surface area contributed by atoms with Gasteiger partial charge in [-0.05, 0) is 43.0 Å². The summed E-state index contributed by atoms with van der Waals surface area (Å²) >= 11 is 0. The molecule has 2 fully saturated rings. The Morgan fingerprint density at radius 1 is 1.03 bits per heavy atom. The summed E-state index contributed by atoms with van der Waals surface area (Å²) in [6.07, 6.45) is 1.21. The number of nitrogens with one attached hydrogen (secondary N) is 1. The molecule has 1 amide bonds. The molecule has 2 aromatic rings. The van der Waals surface area contributed by atoms with Crippen molar-refractivity contribution in [1.82, 2.24) is 14.5 Å². The van der Waals surface area contributed by atoms with Crippen molar-refractivity contribution in [3.63, 3.8) is 0 Å². The van der Waals surface area contributed by atoms with Crippen molar-refractivity contribution in [2.45, 2.75) is 43.8 Å². The number of ether oxygens (including phenoxy) is 1. The van der Waals surface area contributed by atoms with Gasteiger partial charge in [-0.15, -0.1) is 0 Å². The number of carbonyl (C=O) groups excluding carboxylic acids is 1. The first-order chi connectivity index (χ1) is 15.4. The van der Waals surface area contributed by atoms with Crippen molar-refractivity contribution in [2.75, 3.05) is 32.8 Å². The van der Waals surface area contributed by atoms with Crippen LogP contribution in [0.4, 0.5) is 0 Å². The van der Waals surface area contributed by atoms with E-state index in [1.807, 2.05) is 25.1 Å². The molecular formula is C24H31N3O4S. The minimum absolute atomic E-state index is 0.235. The van der Waals surface area contributed by atoms with E-state index >= 15 is 0 Å². The molecule has 2 heterocycles. The van der Waals surface area contributed by atoms with Crippen LogP contribution in [0, 0.1) is 6.92 Å². The standard InChI is InChI=1S/C24H31N3O4S/c1-19-8-10-22(11-9-19)32(29,30)27-12-4-7-23(27)24(28)25-17-20-5-2-3-6-21(20)18-26-13-15-31-16-14-26/h2-3,5-6,8-11,23H,4,7,12-18H2,1H3,(H,25,28)/t23-/m0/s1. The van der Waals surface area contributed by atoms with Crippen LogP contribution >= 0.6 is 0 Å². The fourth-order valence-electron chi connectivity index (χ4n) is 4.32. The predicted molar refractivity (Wildman–Crippen MR) is 122 cm³/mol. The lowest BCUT2D eigenvalue weighted by atomic mass is 10.1. The molecule has 0 radical (unpaired) electrons. The third-order valence-corrected chi connectivity index (χ3v) is 8.13. The van der Waals surface area contributed by atoms with E-state index in [2.05, 4.69) is 16.3 Å². The molecule has 0 aliphatic carbocycles. The smallest absolute Gasteiger partial charge is 0.243 e. The molecule has 2 aromatic carbocycles. The number of amides is 1. The van der Waals surface area contributed by atoms with Crippen LogP contribution in [0.15, 0.2) is 53.4 Å². The fraction of sp³-hybridized carbons (Fsp3) is 0.458. The van der Waals surface area contributed by atoms with Gasteiger partial charge in [-0.25, -0.2) is 8.42 Å². The Bertz CT molecular complexity index is 1030. The number of rotatable bonds is 7. The first kappa shape index (κ1) is 22.9. The molecule has 0 saturated carbocycles. The molecule has 8 heteroatoms. The zero-order valence-electron chi connectivity index (χ0n) is 18.5. The van der Waals surface area contributed by atoms with E-state index in [9.17, 15) is 13.2 Å². The van der Waals surface area contributed by atoms with Gasteiger partial charge in [0.15, 0.2) is 0 Å².